The molecule has 0 aliphatic rings. The molecule has 0 saturated heterocycles. The zero-order chi connectivity index (χ0) is 12.0. The Morgan fingerprint density at radius 1 is 1.31 bits per heavy atom. The summed E-state index contributed by atoms with van der Waals surface area (Å²) in [6.07, 6.45) is -0.399. The lowest BCUT2D eigenvalue weighted by Gasteiger charge is -2.13. The number of benzene rings is 1. The van der Waals surface area contributed by atoms with Gasteiger partial charge >= 0.3 is 0 Å². The first-order valence-corrected chi connectivity index (χ1v) is 5.59. The molecule has 88 valence electrons. The molecule has 1 amide bonds. The average Bonchev–Trinajstić information content (AvgIpc) is 2.26. The lowest BCUT2D eigenvalue weighted by molar-refractivity contribution is -0.130. The molecular weight excluding hydrogens is 202 g/mol. The Hall–Kier alpha value is -1.35. The fourth-order valence-corrected chi connectivity index (χ4v) is 1.46. The van der Waals surface area contributed by atoms with E-state index in [2.05, 4.69) is 5.32 Å². The molecule has 0 aliphatic heterocycles. The molecule has 1 unspecified atom stereocenters. The maximum absolute atomic E-state index is 11.5. The second-order valence-electron chi connectivity index (χ2n) is 4.35. The van der Waals surface area contributed by atoms with E-state index in [1.54, 1.807) is 0 Å². The van der Waals surface area contributed by atoms with E-state index in [0.717, 1.165) is 5.56 Å². The van der Waals surface area contributed by atoms with Crippen LogP contribution in [0.2, 0.25) is 0 Å². The van der Waals surface area contributed by atoms with E-state index in [-0.39, 0.29) is 5.91 Å². The largest absolute Gasteiger partial charge is 0.383 e. The molecule has 0 radical (unpaired) electrons. The quantitative estimate of drug-likeness (QED) is 0.795. The third-order valence-electron chi connectivity index (χ3n) is 2.31. The number of rotatable bonds is 5. The molecule has 0 aromatic heterocycles. The second-order valence-corrected chi connectivity index (χ2v) is 4.35. The summed E-state index contributed by atoms with van der Waals surface area (Å²) < 4.78 is 0. The maximum Gasteiger partial charge on any atom is 0.249 e. The molecule has 3 heteroatoms. The molecule has 3 nitrogen and oxygen atoms in total. The van der Waals surface area contributed by atoms with Crippen LogP contribution < -0.4 is 5.32 Å². The molecule has 0 saturated carbocycles. The van der Waals surface area contributed by atoms with Crippen molar-refractivity contribution in [3.8, 4) is 0 Å². The molecule has 0 spiro atoms. The molecule has 16 heavy (non-hydrogen) atoms. The summed E-state index contributed by atoms with van der Waals surface area (Å²) in [6.45, 7) is 4.43. The lowest BCUT2D eigenvalue weighted by atomic mass is 10.1. The molecular formula is C13H19NO2. The summed E-state index contributed by atoms with van der Waals surface area (Å²) in [4.78, 5) is 11.5. The van der Waals surface area contributed by atoms with Crippen molar-refractivity contribution >= 4 is 5.91 Å². The summed E-state index contributed by atoms with van der Waals surface area (Å²) >= 11 is 0. The van der Waals surface area contributed by atoms with Gasteiger partial charge in [0.15, 0.2) is 0 Å². The van der Waals surface area contributed by atoms with Gasteiger partial charge in [0.1, 0.15) is 6.10 Å². The van der Waals surface area contributed by atoms with Crippen LogP contribution in [-0.4, -0.2) is 17.1 Å². The zero-order valence-electron chi connectivity index (χ0n) is 9.81. The van der Waals surface area contributed by atoms with Gasteiger partial charge in [0.25, 0.3) is 0 Å². The van der Waals surface area contributed by atoms with Gasteiger partial charge in [-0.3, -0.25) is 4.79 Å². The minimum Gasteiger partial charge on any atom is -0.383 e. The normalized spacial score (nSPS) is 12.5. The summed E-state index contributed by atoms with van der Waals surface area (Å²) in [5, 5.41) is 12.3. The van der Waals surface area contributed by atoms with Crippen molar-refractivity contribution in [1.82, 2.24) is 5.32 Å². The van der Waals surface area contributed by atoms with Gasteiger partial charge in [-0.2, -0.15) is 0 Å². The minimum atomic E-state index is -0.899. The number of hydrogen-bond donors (Lipinski definition) is 2. The van der Waals surface area contributed by atoms with Crippen molar-refractivity contribution in [3.63, 3.8) is 0 Å². The van der Waals surface area contributed by atoms with Crippen molar-refractivity contribution < 1.29 is 9.90 Å². The first-order chi connectivity index (χ1) is 7.59. The Morgan fingerprint density at radius 2 is 1.94 bits per heavy atom. The summed E-state index contributed by atoms with van der Waals surface area (Å²) in [5.41, 5.74) is 1.03. The average molecular weight is 221 g/mol. The molecule has 1 aromatic rings. The Balaban J connectivity index is 2.35. The van der Waals surface area contributed by atoms with Crippen molar-refractivity contribution in [1.29, 1.82) is 0 Å². The van der Waals surface area contributed by atoms with Gasteiger partial charge in [-0.15, -0.1) is 0 Å². The van der Waals surface area contributed by atoms with Gasteiger partial charge in [-0.05, 0) is 17.9 Å². The van der Waals surface area contributed by atoms with Crippen molar-refractivity contribution in [2.24, 2.45) is 5.92 Å². The number of hydrogen-bond acceptors (Lipinski definition) is 2. The van der Waals surface area contributed by atoms with Crippen LogP contribution in [0.25, 0.3) is 0 Å². The van der Waals surface area contributed by atoms with Gasteiger partial charge in [-0.1, -0.05) is 44.2 Å². The number of aliphatic hydroxyl groups excluding tert-OH is 1. The van der Waals surface area contributed by atoms with E-state index in [1.807, 2.05) is 44.2 Å². The number of carbonyl (C=O) groups excluding carboxylic acids is 1. The van der Waals surface area contributed by atoms with Gasteiger partial charge in [-0.25, -0.2) is 0 Å². The van der Waals surface area contributed by atoms with Crippen LogP contribution in [-0.2, 0) is 11.3 Å². The smallest absolute Gasteiger partial charge is 0.249 e. The predicted octanol–water partition coefficient (Wildman–Crippen LogP) is 1.71. The molecule has 2 N–H and O–H groups in total. The van der Waals surface area contributed by atoms with Crippen molar-refractivity contribution in [3.05, 3.63) is 35.9 Å². The van der Waals surface area contributed by atoms with E-state index in [4.69, 9.17) is 0 Å². The first-order valence-electron chi connectivity index (χ1n) is 5.59. The SMILES string of the molecule is CC(C)CC(O)C(=O)NCc1ccccc1. The van der Waals surface area contributed by atoms with Crippen molar-refractivity contribution in [2.45, 2.75) is 32.9 Å². The van der Waals surface area contributed by atoms with E-state index >= 15 is 0 Å². The first kappa shape index (κ1) is 12.7. The lowest BCUT2D eigenvalue weighted by Crippen LogP contribution is -2.34. The zero-order valence-corrected chi connectivity index (χ0v) is 9.81. The molecule has 1 atom stereocenters. The van der Waals surface area contributed by atoms with Crippen LogP contribution in [0.4, 0.5) is 0 Å². The standard InChI is InChI=1S/C13H19NO2/c1-10(2)8-12(15)13(16)14-9-11-6-4-3-5-7-11/h3-7,10,12,15H,8-9H2,1-2H3,(H,14,16). The van der Waals surface area contributed by atoms with Crippen LogP contribution in [0.3, 0.4) is 0 Å². The molecule has 1 rings (SSSR count). The van der Waals surface area contributed by atoms with E-state index in [9.17, 15) is 9.90 Å². The Kier molecular flexibility index (Phi) is 4.99. The van der Waals surface area contributed by atoms with E-state index < -0.39 is 6.10 Å². The Labute approximate surface area is 96.5 Å². The van der Waals surface area contributed by atoms with Gasteiger partial charge in [0.05, 0.1) is 0 Å². The number of carbonyl (C=O) groups is 1. The summed E-state index contributed by atoms with van der Waals surface area (Å²) in [5.74, 6) is 0.0232. The van der Waals surface area contributed by atoms with E-state index in [0.29, 0.717) is 18.9 Å². The highest BCUT2D eigenvalue weighted by molar-refractivity contribution is 5.80. The van der Waals surface area contributed by atoms with Crippen LogP contribution >= 0.6 is 0 Å². The highest BCUT2D eigenvalue weighted by atomic mass is 16.3. The summed E-state index contributed by atoms with van der Waals surface area (Å²) in [6, 6.07) is 9.65. The van der Waals surface area contributed by atoms with Gasteiger partial charge in [0, 0.05) is 6.54 Å². The number of aliphatic hydroxyl groups is 1. The Morgan fingerprint density at radius 3 is 2.50 bits per heavy atom. The van der Waals surface area contributed by atoms with Gasteiger partial charge in [0.2, 0.25) is 5.91 Å². The van der Waals surface area contributed by atoms with E-state index in [1.165, 1.54) is 0 Å². The molecule has 0 heterocycles. The molecule has 0 bridgehead atoms. The minimum absolute atomic E-state index is 0.294. The number of nitrogens with one attached hydrogen (secondary N) is 1. The predicted molar refractivity (Wildman–Crippen MR) is 63.8 cm³/mol. The van der Waals surface area contributed by atoms with Crippen LogP contribution in [0.1, 0.15) is 25.8 Å². The molecule has 1 aromatic carbocycles. The van der Waals surface area contributed by atoms with Crippen LogP contribution in [0.15, 0.2) is 30.3 Å². The fourth-order valence-electron chi connectivity index (χ4n) is 1.46. The summed E-state index contributed by atoms with van der Waals surface area (Å²) in [7, 11) is 0. The monoisotopic (exact) mass is 221 g/mol. The third kappa shape index (κ3) is 4.45. The van der Waals surface area contributed by atoms with Crippen LogP contribution in [0.5, 0.6) is 0 Å². The maximum atomic E-state index is 11.5. The third-order valence-corrected chi connectivity index (χ3v) is 2.31. The van der Waals surface area contributed by atoms with Crippen LogP contribution in [0, 0.1) is 5.92 Å². The van der Waals surface area contributed by atoms with Crippen molar-refractivity contribution in [2.75, 3.05) is 0 Å². The van der Waals surface area contributed by atoms with Gasteiger partial charge < -0.3 is 10.4 Å². The highest BCUT2D eigenvalue weighted by Crippen LogP contribution is 2.05. The number of amides is 1. The highest BCUT2D eigenvalue weighted by Gasteiger charge is 2.15. The topological polar surface area (TPSA) is 49.3 Å². The molecule has 0 fully saturated rings. The molecule has 0 aliphatic carbocycles. The second kappa shape index (κ2) is 6.28. The fraction of sp³-hybridized carbons (Fsp3) is 0.462. The Bertz CT molecular complexity index is 322.